The fourth-order valence-electron chi connectivity index (χ4n) is 4.71. The molecule has 1 aliphatic heterocycles. The lowest BCUT2D eigenvalue weighted by atomic mass is 9.88. The Labute approximate surface area is 121 Å². The van der Waals surface area contributed by atoms with Crippen molar-refractivity contribution >= 4 is 0 Å². The molecule has 4 atom stereocenters. The molecule has 3 aliphatic rings. The van der Waals surface area contributed by atoms with Crippen LogP contribution in [0.15, 0.2) is 24.3 Å². The van der Waals surface area contributed by atoms with Crippen LogP contribution in [-0.2, 0) is 14.9 Å². The summed E-state index contributed by atoms with van der Waals surface area (Å²) in [6.07, 6.45) is 3.84. The second-order valence-corrected chi connectivity index (χ2v) is 7.36. The van der Waals surface area contributed by atoms with Gasteiger partial charge in [0.05, 0.1) is 12.2 Å². The minimum atomic E-state index is -0.337. The summed E-state index contributed by atoms with van der Waals surface area (Å²) < 4.78 is 12.7. The summed E-state index contributed by atoms with van der Waals surface area (Å²) in [5, 5.41) is 0. The molecule has 2 nitrogen and oxygen atoms in total. The number of benzene rings is 1. The van der Waals surface area contributed by atoms with Crippen molar-refractivity contribution in [1.29, 1.82) is 0 Å². The van der Waals surface area contributed by atoms with Gasteiger partial charge in [-0.1, -0.05) is 36.8 Å². The molecule has 0 bridgehead atoms. The Morgan fingerprint density at radius 3 is 2.15 bits per heavy atom. The first-order valence-corrected chi connectivity index (χ1v) is 7.85. The second-order valence-electron chi connectivity index (χ2n) is 7.36. The summed E-state index contributed by atoms with van der Waals surface area (Å²) in [5.74, 6) is -0.337. The van der Waals surface area contributed by atoms with E-state index in [1.54, 1.807) is 0 Å². The van der Waals surface area contributed by atoms with Crippen molar-refractivity contribution in [2.24, 2.45) is 5.41 Å². The maximum Gasteiger partial charge on any atom is 0.175 e. The highest BCUT2D eigenvalue weighted by Crippen LogP contribution is 2.79. The van der Waals surface area contributed by atoms with Gasteiger partial charge in [-0.2, -0.15) is 0 Å². The van der Waals surface area contributed by atoms with Gasteiger partial charge in [-0.3, -0.25) is 0 Å². The van der Waals surface area contributed by atoms with Gasteiger partial charge < -0.3 is 9.47 Å². The van der Waals surface area contributed by atoms with Gasteiger partial charge in [-0.15, -0.1) is 0 Å². The lowest BCUT2D eigenvalue weighted by Crippen LogP contribution is -2.38. The van der Waals surface area contributed by atoms with E-state index in [1.165, 1.54) is 24.0 Å². The largest absolute Gasteiger partial charge is 0.344 e. The highest BCUT2D eigenvalue weighted by atomic mass is 16.8. The number of fused-ring (bicyclic) bond motifs is 2. The normalized spacial score (nSPS) is 44.8. The predicted molar refractivity (Wildman–Crippen MR) is 78.6 cm³/mol. The van der Waals surface area contributed by atoms with Crippen LogP contribution in [0.5, 0.6) is 0 Å². The topological polar surface area (TPSA) is 18.5 Å². The van der Waals surface area contributed by atoms with Gasteiger partial charge in [0.2, 0.25) is 0 Å². The van der Waals surface area contributed by atoms with Crippen LogP contribution in [0.1, 0.15) is 51.2 Å². The van der Waals surface area contributed by atoms with Crippen LogP contribution in [0.3, 0.4) is 0 Å². The van der Waals surface area contributed by atoms with Crippen LogP contribution in [0.4, 0.5) is 0 Å². The molecule has 1 spiro atoms. The predicted octanol–water partition coefficient (Wildman–Crippen LogP) is 3.96. The average Bonchev–Trinajstić information content (AvgIpc) is 2.84. The molecule has 2 saturated carbocycles. The monoisotopic (exact) mass is 272 g/mol. The first-order chi connectivity index (χ1) is 9.42. The minimum absolute atomic E-state index is 0.147. The maximum atomic E-state index is 6.33. The van der Waals surface area contributed by atoms with Crippen molar-refractivity contribution in [2.75, 3.05) is 0 Å². The molecule has 1 saturated heterocycles. The summed E-state index contributed by atoms with van der Waals surface area (Å²) in [6.45, 7) is 8.79. The van der Waals surface area contributed by atoms with Crippen molar-refractivity contribution in [3.8, 4) is 0 Å². The number of ether oxygens (including phenoxy) is 2. The molecule has 0 radical (unpaired) electrons. The zero-order chi connectivity index (χ0) is 14.2. The van der Waals surface area contributed by atoms with Crippen molar-refractivity contribution in [1.82, 2.24) is 0 Å². The molecule has 1 aromatic carbocycles. The lowest BCUT2D eigenvalue weighted by Gasteiger charge is -2.31. The molecule has 3 fully saturated rings. The number of hydrogen-bond acceptors (Lipinski definition) is 2. The molecule has 1 heterocycles. The van der Waals surface area contributed by atoms with Crippen molar-refractivity contribution in [3.63, 3.8) is 0 Å². The van der Waals surface area contributed by atoms with Crippen LogP contribution in [0, 0.1) is 12.3 Å². The summed E-state index contributed by atoms with van der Waals surface area (Å²) in [5.41, 5.74) is 3.23. The Balaban J connectivity index is 1.71. The fraction of sp³-hybridized carbons (Fsp3) is 0.667. The van der Waals surface area contributed by atoms with Crippen molar-refractivity contribution in [2.45, 2.75) is 70.4 Å². The van der Waals surface area contributed by atoms with Gasteiger partial charge in [0.25, 0.3) is 0 Å². The molecule has 0 aromatic heterocycles. The molecule has 4 rings (SSSR count). The van der Waals surface area contributed by atoms with Crippen LogP contribution < -0.4 is 0 Å². The SMILES string of the molecule is Cc1ccc([C@@]23CCC4(O[C@@H](C)[C@H](C)O4)[C@]2(C)C3)cc1. The summed E-state index contributed by atoms with van der Waals surface area (Å²) in [6, 6.07) is 9.08. The molecule has 0 N–H and O–H groups in total. The first kappa shape index (κ1) is 12.8. The van der Waals surface area contributed by atoms with E-state index in [0.29, 0.717) is 0 Å². The van der Waals surface area contributed by atoms with Crippen LogP contribution in [0.25, 0.3) is 0 Å². The quantitative estimate of drug-likeness (QED) is 0.770. The Bertz CT molecular complexity index is 535. The maximum absolute atomic E-state index is 6.33. The summed E-state index contributed by atoms with van der Waals surface area (Å²) in [4.78, 5) is 0. The van der Waals surface area contributed by atoms with Gasteiger partial charge in [-0.25, -0.2) is 0 Å². The number of rotatable bonds is 1. The van der Waals surface area contributed by atoms with Gasteiger partial charge >= 0.3 is 0 Å². The lowest BCUT2D eigenvalue weighted by molar-refractivity contribution is -0.209. The van der Waals surface area contributed by atoms with Crippen LogP contribution in [-0.4, -0.2) is 18.0 Å². The summed E-state index contributed by atoms with van der Waals surface area (Å²) in [7, 11) is 0. The molecule has 2 heteroatoms. The minimum Gasteiger partial charge on any atom is -0.344 e. The third kappa shape index (κ3) is 1.32. The highest BCUT2D eigenvalue weighted by molar-refractivity contribution is 5.44. The van der Waals surface area contributed by atoms with Gasteiger partial charge in [0, 0.05) is 17.3 Å². The van der Waals surface area contributed by atoms with E-state index in [2.05, 4.69) is 52.0 Å². The Kier molecular flexibility index (Phi) is 2.35. The molecule has 0 amide bonds. The van der Waals surface area contributed by atoms with E-state index in [1.807, 2.05) is 0 Å². The molecule has 2 aliphatic carbocycles. The molecule has 0 unspecified atom stereocenters. The Morgan fingerprint density at radius 2 is 1.60 bits per heavy atom. The van der Waals surface area contributed by atoms with Gasteiger partial charge in [-0.05, 0) is 39.2 Å². The Morgan fingerprint density at radius 1 is 1.00 bits per heavy atom. The number of hydrogen-bond donors (Lipinski definition) is 0. The molecule has 1 aromatic rings. The van der Waals surface area contributed by atoms with Crippen molar-refractivity contribution in [3.05, 3.63) is 35.4 Å². The first-order valence-electron chi connectivity index (χ1n) is 7.85. The Hall–Kier alpha value is -0.860. The smallest absolute Gasteiger partial charge is 0.175 e. The van der Waals surface area contributed by atoms with E-state index >= 15 is 0 Å². The van der Waals surface area contributed by atoms with Crippen molar-refractivity contribution < 1.29 is 9.47 Å². The summed E-state index contributed by atoms with van der Waals surface area (Å²) >= 11 is 0. The van der Waals surface area contributed by atoms with E-state index in [0.717, 1.165) is 6.42 Å². The molecular weight excluding hydrogens is 248 g/mol. The fourth-order valence-corrected chi connectivity index (χ4v) is 4.71. The van der Waals surface area contributed by atoms with E-state index in [4.69, 9.17) is 9.47 Å². The van der Waals surface area contributed by atoms with Crippen LogP contribution >= 0.6 is 0 Å². The molecule has 20 heavy (non-hydrogen) atoms. The zero-order valence-corrected chi connectivity index (χ0v) is 12.9. The second kappa shape index (κ2) is 3.66. The van der Waals surface area contributed by atoms with Gasteiger partial charge in [0.15, 0.2) is 5.79 Å². The molecular formula is C18H24O2. The average molecular weight is 272 g/mol. The molecule has 108 valence electrons. The third-order valence-electron chi connectivity index (χ3n) is 6.33. The van der Waals surface area contributed by atoms with E-state index in [9.17, 15) is 0 Å². The van der Waals surface area contributed by atoms with E-state index in [-0.39, 0.29) is 28.8 Å². The standard InChI is InChI=1S/C18H24O2/c1-12-5-7-15(8-6-12)17-9-10-18(16(17,4)11-17)19-13(2)14(3)20-18/h5-8,13-14H,9-11H2,1-4H3/t13-,14-,16+,17-/m0/s1. The number of aryl methyl sites for hydroxylation is 1. The third-order valence-corrected chi connectivity index (χ3v) is 6.33. The highest BCUT2D eigenvalue weighted by Gasteiger charge is 2.81. The van der Waals surface area contributed by atoms with Crippen LogP contribution in [0.2, 0.25) is 0 Å². The zero-order valence-electron chi connectivity index (χ0n) is 12.9. The van der Waals surface area contributed by atoms with Gasteiger partial charge in [0.1, 0.15) is 0 Å². The van der Waals surface area contributed by atoms with E-state index < -0.39 is 0 Å².